The zero-order valence-corrected chi connectivity index (χ0v) is 29.1. The van der Waals surface area contributed by atoms with E-state index in [9.17, 15) is 18.0 Å². The summed E-state index contributed by atoms with van der Waals surface area (Å²) in [7, 11) is -2.06. The molecule has 14 heteroatoms. The predicted octanol–water partition coefficient (Wildman–Crippen LogP) is 4.09. The third-order valence-corrected chi connectivity index (χ3v) is 9.26. The standard InChI is InChI=1S/C28H37N7O3.C7H8O3S/c1-4-15-38-25(36)18-32-28(2,27(37)35-13-5-6-14-35)20-9-12-23-22(16-20)33-24(34(23)3)17-31-21-10-7-19(8-11-21)26(29)30;1-6-2-4-7(5-3-6)11(8,9)10/h7-12,16,31-32H,4-6,13-15,17-18H2,1-3H3,(H3,29,30);2-5H,1H3,(H,8,9,10)/t28-;/m1./s1. The van der Waals surface area contributed by atoms with E-state index in [1.807, 2.05) is 67.6 Å². The molecule has 1 atom stereocenters. The SMILES string of the molecule is CCCOC(=O)CN[C@@](C)(C(=O)N1CCCC1)c1ccc2c(c1)nc(CNc1ccc(C(=N)N)cc1)n2C.Cc1ccc(S(=O)(=O)O)cc1. The molecule has 1 aliphatic rings. The highest BCUT2D eigenvalue weighted by Gasteiger charge is 2.40. The highest BCUT2D eigenvalue weighted by atomic mass is 32.2. The smallest absolute Gasteiger partial charge is 0.319 e. The Morgan fingerprint density at radius 2 is 1.71 bits per heavy atom. The number of carbonyl (C=O) groups excluding carboxylic acids is 2. The first-order chi connectivity index (χ1) is 23.2. The maximum atomic E-state index is 13.7. The molecular weight excluding hydrogens is 646 g/mol. The molecule has 262 valence electrons. The summed E-state index contributed by atoms with van der Waals surface area (Å²) < 4.78 is 36.8. The molecule has 49 heavy (non-hydrogen) atoms. The Balaban J connectivity index is 0.000000418. The van der Waals surface area contributed by atoms with Crippen LogP contribution in [0.3, 0.4) is 0 Å². The molecule has 1 aliphatic heterocycles. The lowest BCUT2D eigenvalue weighted by atomic mass is 9.89. The number of amidine groups is 1. The number of carbonyl (C=O) groups is 2. The molecule has 0 bridgehead atoms. The molecular formula is C35H45N7O6S. The van der Waals surface area contributed by atoms with Gasteiger partial charge in [-0.05, 0) is 87.2 Å². The minimum absolute atomic E-state index is 0.0326. The molecule has 13 nitrogen and oxygen atoms in total. The molecule has 3 aromatic carbocycles. The number of fused-ring (bicyclic) bond motifs is 1. The lowest BCUT2D eigenvalue weighted by Crippen LogP contribution is -2.54. The van der Waals surface area contributed by atoms with Crippen molar-refractivity contribution < 1.29 is 27.3 Å². The summed E-state index contributed by atoms with van der Waals surface area (Å²) in [5.74, 6) is 0.433. The number of ether oxygens (including phenoxy) is 1. The van der Waals surface area contributed by atoms with Crippen LogP contribution >= 0.6 is 0 Å². The van der Waals surface area contributed by atoms with Gasteiger partial charge in [0, 0.05) is 31.4 Å². The first-order valence-corrected chi connectivity index (χ1v) is 17.5. The number of nitrogen functional groups attached to an aromatic ring is 1. The molecule has 1 saturated heterocycles. The van der Waals surface area contributed by atoms with Gasteiger partial charge in [-0.25, -0.2) is 4.98 Å². The van der Waals surface area contributed by atoms with Crippen molar-refractivity contribution in [3.8, 4) is 0 Å². The number of imidazole rings is 1. The van der Waals surface area contributed by atoms with Crippen molar-refractivity contribution in [2.75, 3.05) is 31.6 Å². The molecule has 1 aromatic heterocycles. The second-order valence-corrected chi connectivity index (χ2v) is 13.5. The molecule has 5 rings (SSSR count). The van der Waals surface area contributed by atoms with Crippen molar-refractivity contribution >= 4 is 44.6 Å². The topological polar surface area (TPSA) is 193 Å². The van der Waals surface area contributed by atoms with Gasteiger partial charge < -0.3 is 25.3 Å². The highest BCUT2D eigenvalue weighted by molar-refractivity contribution is 7.85. The highest BCUT2D eigenvalue weighted by Crippen LogP contribution is 2.29. The van der Waals surface area contributed by atoms with Gasteiger partial charge in [-0.3, -0.25) is 24.9 Å². The fraction of sp³-hybridized carbons (Fsp3) is 0.371. The van der Waals surface area contributed by atoms with Crippen molar-refractivity contribution in [3.05, 3.63) is 89.2 Å². The van der Waals surface area contributed by atoms with E-state index in [1.54, 1.807) is 24.3 Å². The summed E-state index contributed by atoms with van der Waals surface area (Å²) in [6, 6.07) is 19.2. The molecule has 1 amide bonds. The van der Waals surface area contributed by atoms with Crippen LogP contribution in [0.25, 0.3) is 11.0 Å². The normalized spacial score (nSPS) is 14.1. The number of nitrogens with zero attached hydrogens (tertiary/aromatic N) is 3. The summed E-state index contributed by atoms with van der Waals surface area (Å²) in [6.45, 7) is 7.83. The number of likely N-dealkylation sites (tertiary alicyclic amines) is 1. The maximum absolute atomic E-state index is 13.7. The number of esters is 1. The first kappa shape index (κ1) is 37.0. The maximum Gasteiger partial charge on any atom is 0.319 e. The molecule has 4 aromatic rings. The molecule has 2 heterocycles. The minimum atomic E-state index is -4.02. The van der Waals surface area contributed by atoms with Gasteiger partial charge in [0.15, 0.2) is 0 Å². The Morgan fingerprint density at radius 3 is 2.31 bits per heavy atom. The van der Waals surface area contributed by atoms with E-state index in [0.29, 0.717) is 31.8 Å². The van der Waals surface area contributed by atoms with Crippen molar-refractivity contribution in [1.82, 2.24) is 19.8 Å². The number of amides is 1. The fourth-order valence-corrected chi connectivity index (χ4v) is 5.91. The van der Waals surface area contributed by atoms with E-state index in [1.165, 1.54) is 12.1 Å². The quantitative estimate of drug-likeness (QED) is 0.0626. The predicted molar refractivity (Wildman–Crippen MR) is 189 cm³/mol. The number of aromatic nitrogens is 2. The van der Waals surface area contributed by atoms with Gasteiger partial charge in [-0.15, -0.1) is 0 Å². The van der Waals surface area contributed by atoms with Crippen molar-refractivity contribution in [3.63, 3.8) is 0 Å². The zero-order valence-electron chi connectivity index (χ0n) is 28.3. The molecule has 0 radical (unpaired) electrons. The van der Waals surface area contributed by atoms with Crippen LogP contribution in [0.4, 0.5) is 5.69 Å². The molecule has 6 N–H and O–H groups in total. The second-order valence-electron chi connectivity index (χ2n) is 12.1. The van der Waals surface area contributed by atoms with Crippen LogP contribution in [0, 0.1) is 12.3 Å². The second kappa shape index (κ2) is 16.1. The number of hydrogen-bond donors (Lipinski definition) is 5. The van der Waals surface area contributed by atoms with E-state index in [2.05, 4.69) is 10.6 Å². The van der Waals surface area contributed by atoms with Crippen molar-refractivity contribution in [1.29, 1.82) is 5.41 Å². The van der Waals surface area contributed by atoms with E-state index in [4.69, 9.17) is 25.4 Å². The van der Waals surface area contributed by atoms with Gasteiger partial charge in [-0.1, -0.05) is 30.7 Å². The molecule has 1 fully saturated rings. The average Bonchev–Trinajstić information content (AvgIpc) is 3.73. The largest absolute Gasteiger partial charge is 0.465 e. The zero-order chi connectivity index (χ0) is 35.8. The van der Waals surface area contributed by atoms with E-state index < -0.39 is 15.7 Å². The lowest BCUT2D eigenvalue weighted by Gasteiger charge is -2.34. The Hall–Kier alpha value is -4.79. The number of benzene rings is 3. The number of aryl methyl sites for hydroxylation is 2. The Bertz CT molecular complexity index is 1890. The van der Waals surface area contributed by atoms with E-state index in [-0.39, 0.29) is 29.2 Å². The summed E-state index contributed by atoms with van der Waals surface area (Å²) in [5, 5.41) is 14.1. The Morgan fingerprint density at radius 1 is 1.06 bits per heavy atom. The minimum Gasteiger partial charge on any atom is -0.465 e. The van der Waals surface area contributed by atoms with Gasteiger partial charge in [0.05, 0.1) is 35.6 Å². The monoisotopic (exact) mass is 691 g/mol. The van der Waals surface area contributed by atoms with E-state index in [0.717, 1.165) is 52.9 Å². The van der Waals surface area contributed by atoms with E-state index >= 15 is 0 Å². The molecule has 0 unspecified atom stereocenters. The van der Waals surface area contributed by atoms with Crippen LogP contribution in [0.2, 0.25) is 0 Å². The number of rotatable bonds is 12. The fourth-order valence-electron chi connectivity index (χ4n) is 5.43. The number of anilines is 1. The van der Waals surface area contributed by atoms with Crippen molar-refractivity contribution in [2.45, 2.75) is 57.0 Å². The van der Waals surface area contributed by atoms with Gasteiger partial charge in [0.25, 0.3) is 10.1 Å². The van der Waals surface area contributed by atoms with Crippen LogP contribution < -0.4 is 16.4 Å². The first-order valence-electron chi connectivity index (χ1n) is 16.1. The lowest BCUT2D eigenvalue weighted by molar-refractivity contribution is -0.144. The van der Waals surface area contributed by atoms with Crippen LogP contribution in [-0.4, -0.2) is 71.4 Å². The molecule has 0 aliphatic carbocycles. The summed E-state index contributed by atoms with van der Waals surface area (Å²) in [5.41, 5.74) is 9.42. The van der Waals surface area contributed by atoms with Crippen LogP contribution in [0.1, 0.15) is 55.6 Å². The molecule has 0 spiro atoms. The van der Waals surface area contributed by atoms with Gasteiger partial charge in [-0.2, -0.15) is 8.42 Å². The number of hydrogen-bond acceptors (Lipinski definition) is 9. The van der Waals surface area contributed by atoms with Crippen LogP contribution in [-0.2, 0) is 43.6 Å². The van der Waals surface area contributed by atoms with Crippen molar-refractivity contribution in [2.24, 2.45) is 12.8 Å². The molecule has 0 saturated carbocycles. The Kier molecular flexibility index (Phi) is 12.1. The summed E-state index contributed by atoms with van der Waals surface area (Å²) >= 11 is 0. The number of nitrogens with one attached hydrogen (secondary N) is 3. The third kappa shape index (κ3) is 9.43. The average molecular weight is 692 g/mol. The summed E-state index contributed by atoms with van der Waals surface area (Å²) in [6.07, 6.45) is 2.70. The summed E-state index contributed by atoms with van der Waals surface area (Å²) in [4.78, 5) is 32.6. The van der Waals surface area contributed by atoms with Crippen LogP contribution in [0.15, 0.2) is 71.6 Å². The third-order valence-electron chi connectivity index (χ3n) is 8.39. The van der Waals surface area contributed by atoms with Crippen LogP contribution in [0.5, 0.6) is 0 Å². The Labute approximate surface area is 287 Å². The van der Waals surface area contributed by atoms with Gasteiger partial charge >= 0.3 is 5.97 Å². The van der Waals surface area contributed by atoms with Gasteiger partial charge in [0.1, 0.15) is 17.2 Å². The number of nitrogens with two attached hydrogens (primary N) is 1. The van der Waals surface area contributed by atoms with Gasteiger partial charge in [0.2, 0.25) is 5.91 Å².